The summed E-state index contributed by atoms with van der Waals surface area (Å²) in [6.45, 7) is 11.4. The maximum Gasteiger partial charge on any atom is 0.418 e. The molecule has 1 fully saturated rings. The number of nitrogens with zero attached hydrogens (tertiary/aromatic N) is 3. The van der Waals surface area contributed by atoms with E-state index in [4.69, 9.17) is 4.74 Å². The molecule has 1 saturated heterocycles. The number of piperazine rings is 1. The first-order chi connectivity index (χ1) is 14.1. The molecule has 0 spiro atoms. The van der Waals surface area contributed by atoms with E-state index < -0.39 is 0 Å². The van der Waals surface area contributed by atoms with Crippen LogP contribution in [0.3, 0.4) is 0 Å². The van der Waals surface area contributed by atoms with Gasteiger partial charge in [0.2, 0.25) is 0 Å². The summed E-state index contributed by atoms with van der Waals surface area (Å²) in [7, 11) is 0. The van der Waals surface area contributed by atoms with Gasteiger partial charge >= 0.3 is 6.09 Å². The molecule has 0 unspecified atom stereocenters. The van der Waals surface area contributed by atoms with Gasteiger partial charge < -0.3 is 9.64 Å². The number of carbonyl (C=O) groups is 1. The number of hydrogen-bond acceptors (Lipinski definition) is 4. The Labute approximate surface area is 171 Å². The first-order valence-corrected chi connectivity index (χ1v) is 10.0. The quantitative estimate of drug-likeness (QED) is 0.601. The second kappa shape index (κ2) is 8.53. The van der Waals surface area contributed by atoms with Gasteiger partial charge in [0, 0.05) is 61.6 Å². The Morgan fingerprint density at radius 2 is 1.72 bits per heavy atom. The Morgan fingerprint density at radius 3 is 2.45 bits per heavy atom. The predicted molar refractivity (Wildman–Crippen MR) is 117 cm³/mol. The van der Waals surface area contributed by atoms with Gasteiger partial charge in [0.05, 0.1) is 0 Å². The van der Waals surface area contributed by atoms with E-state index in [0.29, 0.717) is 0 Å². The normalized spacial score (nSPS) is 14.9. The molecule has 0 amide bonds. The van der Waals surface area contributed by atoms with E-state index in [0.717, 1.165) is 49.1 Å². The lowest BCUT2D eigenvalue weighted by molar-refractivity contribution is 0.141. The van der Waals surface area contributed by atoms with Gasteiger partial charge in [-0.25, -0.2) is 4.79 Å². The molecule has 1 aliphatic rings. The van der Waals surface area contributed by atoms with Crippen molar-refractivity contribution >= 4 is 22.6 Å². The van der Waals surface area contributed by atoms with E-state index in [1.165, 1.54) is 15.8 Å². The van der Waals surface area contributed by atoms with E-state index in [1.54, 1.807) is 0 Å². The molecule has 0 bridgehead atoms. The molecule has 0 radical (unpaired) electrons. The monoisotopic (exact) mass is 389 g/mol. The molecule has 150 valence electrons. The van der Waals surface area contributed by atoms with Gasteiger partial charge in [-0.1, -0.05) is 48.6 Å². The third kappa shape index (κ3) is 4.69. The maximum atomic E-state index is 12.4. The third-order valence-electron chi connectivity index (χ3n) is 5.27. The summed E-state index contributed by atoms with van der Waals surface area (Å²) in [5.41, 5.74) is 3.38. The lowest BCUT2D eigenvalue weighted by atomic mass is 10.1. The zero-order chi connectivity index (χ0) is 20.2. The maximum absolute atomic E-state index is 12.4. The number of rotatable bonds is 5. The fraction of sp³-hybridized carbons (Fsp3) is 0.292. The Balaban J connectivity index is 1.41. The molecule has 1 aliphatic heterocycles. The van der Waals surface area contributed by atoms with Gasteiger partial charge in [-0.3, -0.25) is 9.47 Å². The second-order valence-electron chi connectivity index (χ2n) is 7.74. The van der Waals surface area contributed by atoms with Crippen molar-refractivity contribution < 1.29 is 9.53 Å². The second-order valence-corrected chi connectivity index (χ2v) is 7.74. The fourth-order valence-corrected chi connectivity index (χ4v) is 3.77. The van der Waals surface area contributed by atoms with Crippen molar-refractivity contribution in [2.24, 2.45) is 0 Å². The van der Waals surface area contributed by atoms with Crippen molar-refractivity contribution in [3.63, 3.8) is 0 Å². The van der Waals surface area contributed by atoms with E-state index in [1.807, 2.05) is 42.7 Å². The molecule has 4 rings (SSSR count). The number of carbonyl (C=O) groups excluding carboxylic acids is 1. The Bertz CT molecular complexity index is 1000. The fourth-order valence-electron chi connectivity index (χ4n) is 3.77. The molecule has 1 aromatic heterocycles. The van der Waals surface area contributed by atoms with E-state index in [9.17, 15) is 4.79 Å². The minimum atomic E-state index is -0.361. The highest BCUT2D eigenvalue weighted by atomic mass is 16.5. The molecule has 29 heavy (non-hydrogen) atoms. The molecule has 2 heterocycles. The summed E-state index contributed by atoms with van der Waals surface area (Å²) in [6, 6.07) is 16.1. The van der Waals surface area contributed by atoms with E-state index in [-0.39, 0.29) is 12.7 Å². The topological polar surface area (TPSA) is 37.7 Å². The average Bonchev–Trinajstić information content (AvgIpc) is 3.16. The molecule has 5 nitrogen and oxygen atoms in total. The predicted octanol–water partition coefficient (Wildman–Crippen LogP) is 4.52. The molecule has 0 aliphatic carbocycles. The van der Waals surface area contributed by atoms with Crippen molar-refractivity contribution in [3.05, 3.63) is 78.6 Å². The molecule has 5 heteroatoms. The molecule has 2 aromatic carbocycles. The number of ether oxygens (including phenoxy) is 1. The molecule has 0 atom stereocenters. The van der Waals surface area contributed by atoms with Crippen molar-refractivity contribution in [2.45, 2.75) is 13.5 Å². The van der Waals surface area contributed by atoms with Gasteiger partial charge in [0.25, 0.3) is 0 Å². The SMILES string of the molecule is C=C(C)CN1CCN(c2ccc3cn(C(=O)OCc4ccccc4)cc3c2)CC1. The van der Waals surface area contributed by atoms with Crippen molar-refractivity contribution in [1.82, 2.24) is 9.47 Å². The first kappa shape index (κ1) is 19.3. The lowest BCUT2D eigenvalue weighted by Crippen LogP contribution is -2.46. The van der Waals surface area contributed by atoms with Crippen LogP contribution in [0.1, 0.15) is 12.5 Å². The Kier molecular flexibility index (Phi) is 5.67. The number of hydrogen-bond donors (Lipinski definition) is 0. The highest BCUT2D eigenvalue weighted by molar-refractivity contribution is 5.89. The van der Waals surface area contributed by atoms with E-state index in [2.05, 4.69) is 41.5 Å². The largest absolute Gasteiger partial charge is 0.444 e. The number of fused-ring (bicyclic) bond motifs is 1. The highest BCUT2D eigenvalue weighted by Gasteiger charge is 2.17. The average molecular weight is 389 g/mol. The van der Waals surface area contributed by atoms with Crippen LogP contribution in [0.25, 0.3) is 10.8 Å². The van der Waals surface area contributed by atoms with Crippen LogP contribution in [0.5, 0.6) is 0 Å². The molecular formula is C24H27N3O2. The number of benzene rings is 2. The summed E-state index contributed by atoms with van der Waals surface area (Å²) in [6.07, 6.45) is 3.32. The minimum Gasteiger partial charge on any atom is -0.444 e. The van der Waals surface area contributed by atoms with Crippen LogP contribution in [0, 0.1) is 0 Å². The van der Waals surface area contributed by atoms with Crippen LogP contribution in [-0.4, -0.2) is 48.3 Å². The molecule has 3 aromatic rings. The van der Waals surface area contributed by atoms with Crippen LogP contribution >= 0.6 is 0 Å². The summed E-state index contributed by atoms with van der Waals surface area (Å²) in [4.78, 5) is 17.3. The highest BCUT2D eigenvalue weighted by Crippen LogP contribution is 2.24. The van der Waals surface area contributed by atoms with Crippen LogP contribution in [0.4, 0.5) is 10.5 Å². The zero-order valence-electron chi connectivity index (χ0n) is 16.9. The number of anilines is 1. The molecular weight excluding hydrogens is 362 g/mol. The van der Waals surface area contributed by atoms with Gasteiger partial charge in [-0.15, -0.1) is 0 Å². The number of aromatic nitrogens is 1. The lowest BCUT2D eigenvalue weighted by Gasteiger charge is -2.36. The van der Waals surface area contributed by atoms with Gasteiger partial charge in [-0.05, 0) is 24.6 Å². The molecule has 0 saturated carbocycles. The van der Waals surface area contributed by atoms with E-state index >= 15 is 0 Å². The van der Waals surface area contributed by atoms with Crippen molar-refractivity contribution in [2.75, 3.05) is 37.6 Å². The van der Waals surface area contributed by atoms with Crippen LogP contribution in [-0.2, 0) is 11.3 Å². The minimum absolute atomic E-state index is 0.272. The third-order valence-corrected chi connectivity index (χ3v) is 5.27. The summed E-state index contributed by atoms with van der Waals surface area (Å²) in [5.74, 6) is 0. The van der Waals surface area contributed by atoms with Crippen LogP contribution in [0.15, 0.2) is 73.1 Å². The van der Waals surface area contributed by atoms with Crippen molar-refractivity contribution in [3.8, 4) is 0 Å². The zero-order valence-corrected chi connectivity index (χ0v) is 16.9. The van der Waals surface area contributed by atoms with Crippen LogP contribution in [0.2, 0.25) is 0 Å². The van der Waals surface area contributed by atoms with Crippen LogP contribution < -0.4 is 4.90 Å². The van der Waals surface area contributed by atoms with Gasteiger partial charge in [0.15, 0.2) is 0 Å². The van der Waals surface area contributed by atoms with Gasteiger partial charge in [-0.2, -0.15) is 0 Å². The summed E-state index contributed by atoms with van der Waals surface area (Å²) >= 11 is 0. The smallest absolute Gasteiger partial charge is 0.418 e. The molecule has 0 N–H and O–H groups in total. The van der Waals surface area contributed by atoms with Gasteiger partial charge in [0.1, 0.15) is 6.61 Å². The summed E-state index contributed by atoms with van der Waals surface area (Å²) < 4.78 is 6.96. The van der Waals surface area contributed by atoms with Crippen molar-refractivity contribution in [1.29, 1.82) is 0 Å². The standard InChI is InChI=1S/C24H27N3O2/c1-19(2)15-25-10-12-26(13-11-25)23-9-8-21-16-27(17-22(21)14-23)24(28)29-18-20-6-4-3-5-7-20/h3-9,14,16-17H,1,10-13,15,18H2,2H3. The Morgan fingerprint density at radius 1 is 1.00 bits per heavy atom. The Hall–Kier alpha value is -3.05. The first-order valence-electron chi connectivity index (χ1n) is 10.0. The summed E-state index contributed by atoms with van der Waals surface area (Å²) in [5, 5.41) is 2.08.